The number of nitrogens with zero attached hydrogens (tertiary/aromatic N) is 6. The summed E-state index contributed by atoms with van der Waals surface area (Å²) in [6.07, 6.45) is 3.41. The molecule has 0 radical (unpaired) electrons. The van der Waals surface area contributed by atoms with Crippen molar-refractivity contribution in [3.05, 3.63) is 72.7 Å². The van der Waals surface area contributed by atoms with Gasteiger partial charge in [-0.05, 0) is 43.3 Å². The van der Waals surface area contributed by atoms with Crippen molar-refractivity contribution in [2.45, 2.75) is 6.92 Å². The molecule has 0 saturated carbocycles. The van der Waals surface area contributed by atoms with E-state index in [1.165, 1.54) is 0 Å². The molecule has 1 aliphatic heterocycles. The molecule has 4 aromatic rings. The molecule has 0 unspecified atom stereocenters. The predicted molar refractivity (Wildman–Crippen MR) is 128 cm³/mol. The van der Waals surface area contributed by atoms with Gasteiger partial charge in [-0.3, -0.25) is 0 Å². The number of morpholine rings is 1. The molecule has 0 atom stereocenters. The van der Waals surface area contributed by atoms with Crippen LogP contribution < -0.4 is 15.5 Å². The Hall–Kier alpha value is -4.11. The lowest BCUT2D eigenvalue weighted by atomic mass is 10.2. The summed E-state index contributed by atoms with van der Waals surface area (Å²) in [7, 11) is 0. The first kappa shape index (κ1) is 20.8. The van der Waals surface area contributed by atoms with Crippen LogP contribution >= 0.6 is 0 Å². The van der Waals surface area contributed by atoms with Gasteiger partial charge in [0.2, 0.25) is 5.95 Å². The van der Waals surface area contributed by atoms with Crippen LogP contribution in [-0.2, 0) is 4.74 Å². The number of anilines is 5. The summed E-state index contributed by atoms with van der Waals surface area (Å²) in [6.45, 7) is 5.10. The summed E-state index contributed by atoms with van der Waals surface area (Å²) < 4.78 is 5.48. The minimum Gasteiger partial charge on any atom is -0.378 e. The third kappa shape index (κ3) is 5.04. The van der Waals surface area contributed by atoms with Gasteiger partial charge in [-0.15, -0.1) is 0 Å². The van der Waals surface area contributed by atoms with E-state index < -0.39 is 0 Å². The molecule has 9 heteroatoms. The maximum absolute atomic E-state index is 5.48. The van der Waals surface area contributed by atoms with Crippen LogP contribution in [0.25, 0.3) is 11.5 Å². The van der Waals surface area contributed by atoms with Crippen molar-refractivity contribution in [1.82, 2.24) is 24.9 Å². The highest BCUT2D eigenvalue weighted by atomic mass is 16.5. The molecule has 33 heavy (non-hydrogen) atoms. The molecule has 1 aromatic carbocycles. The van der Waals surface area contributed by atoms with E-state index in [1.807, 2.05) is 43.3 Å². The Morgan fingerprint density at radius 1 is 0.788 bits per heavy atom. The van der Waals surface area contributed by atoms with Gasteiger partial charge in [-0.1, -0.05) is 18.2 Å². The van der Waals surface area contributed by atoms with E-state index in [2.05, 4.69) is 46.5 Å². The molecule has 0 aliphatic carbocycles. The highest BCUT2D eigenvalue weighted by Crippen LogP contribution is 2.28. The smallest absolute Gasteiger partial charge is 0.229 e. The van der Waals surface area contributed by atoms with E-state index in [0.29, 0.717) is 23.4 Å². The van der Waals surface area contributed by atoms with E-state index >= 15 is 0 Å². The van der Waals surface area contributed by atoms with E-state index in [9.17, 15) is 0 Å². The van der Waals surface area contributed by atoms with Crippen molar-refractivity contribution >= 4 is 29.0 Å². The summed E-state index contributed by atoms with van der Waals surface area (Å²) in [4.78, 5) is 24.7. The monoisotopic (exact) mass is 440 g/mol. The van der Waals surface area contributed by atoms with Gasteiger partial charge < -0.3 is 20.3 Å². The molecule has 2 N–H and O–H groups in total. The zero-order valence-corrected chi connectivity index (χ0v) is 18.3. The lowest BCUT2D eigenvalue weighted by molar-refractivity contribution is 0.123. The lowest BCUT2D eigenvalue weighted by Gasteiger charge is -2.30. The number of hydrogen-bond donors (Lipinski definition) is 2. The molecule has 0 spiro atoms. The van der Waals surface area contributed by atoms with Gasteiger partial charge in [0, 0.05) is 31.2 Å². The van der Waals surface area contributed by atoms with Crippen LogP contribution in [0.15, 0.2) is 67.0 Å². The quantitative estimate of drug-likeness (QED) is 0.461. The zero-order chi connectivity index (χ0) is 22.5. The maximum atomic E-state index is 5.48. The first-order valence-electron chi connectivity index (χ1n) is 10.8. The number of pyridine rings is 1. The average Bonchev–Trinajstić information content (AvgIpc) is 2.85. The van der Waals surface area contributed by atoms with Crippen LogP contribution in [0, 0.1) is 6.92 Å². The molecule has 0 bridgehead atoms. The summed E-state index contributed by atoms with van der Waals surface area (Å²) in [5.41, 5.74) is 3.70. The Morgan fingerprint density at radius 3 is 2.42 bits per heavy atom. The summed E-state index contributed by atoms with van der Waals surface area (Å²) >= 11 is 0. The SMILES string of the molecule is Cc1cccc(-c2nccc(Nc3ccnc(Nc4ccccc4N4CCOCC4)n3)n2)n1. The van der Waals surface area contributed by atoms with Crippen LogP contribution in [0.1, 0.15) is 5.69 Å². The first-order valence-corrected chi connectivity index (χ1v) is 10.8. The van der Waals surface area contributed by atoms with Gasteiger partial charge in [0.1, 0.15) is 17.3 Å². The third-order valence-corrected chi connectivity index (χ3v) is 5.19. The summed E-state index contributed by atoms with van der Waals surface area (Å²) in [5.74, 6) is 2.30. The molecule has 4 heterocycles. The number of para-hydroxylation sites is 2. The van der Waals surface area contributed by atoms with Crippen LogP contribution in [0.5, 0.6) is 0 Å². The molecule has 3 aromatic heterocycles. The van der Waals surface area contributed by atoms with E-state index in [-0.39, 0.29) is 0 Å². The van der Waals surface area contributed by atoms with Gasteiger partial charge in [0.15, 0.2) is 5.82 Å². The largest absolute Gasteiger partial charge is 0.378 e. The highest BCUT2D eigenvalue weighted by Gasteiger charge is 2.15. The topological polar surface area (TPSA) is 101 Å². The Morgan fingerprint density at radius 2 is 1.58 bits per heavy atom. The van der Waals surface area contributed by atoms with Crippen molar-refractivity contribution in [3.8, 4) is 11.5 Å². The van der Waals surface area contributed by atoms with Crippen molar-refractivity contribution in [2.75, 3.05) is 41.8 Å². The molecule has 9 nitrogen and oxygen atoms in total. The Kier molecular flexibility index (Phi) is 6.03. The zero-order valence-electron chi connectivity index (χ0n) is 18.3. The van der Waals surface area contributed by atoms with Crippen molar-refractivity contribution in [1.29, 1.82) is 0 Å². The number of rotatable bonds is 6. The Labute approximate surface area is 191 Å². The second-order valence-corrected chi connectivity index (χ2v) is 7.56. The van der Waals surface area contributed by atoms with Crippen LogP contribution in [-0.4, -0.2) is 51.2 Å². The van der Waals surface area contributed by atoms with E-state index in [0.717, 1.165) is 49.1 Å². The molecular formula is C24H24N8O. The average molecular weight is 441 g/mol. The highest BCUT2D eigenvalue weighted by molar-refractivity contribution is 5.74. The van der Waals surface area contributed by atoms with Gasteiger partial charge in [-0.25, -0.2) is 19.9 Å². The van der Waals surface area contributed by atoms with Crippen molar-refractivity contribution in [2.24, 2.45) is 0 Å². The Bertz CT molecular complexity index is 1240. The Balaban J connectivity index is 1.34. The van der Waals surface area contributed by atoms with E-state index in [1.54, 1.807) is 24.5 Å². The number of nitrogens with one attached hydrogen (secondary N) is 2. The van der Waals surface area contributed by atoms with E-state index in [4.69, 9.17) is 4.74 Å². The number of aromatic nitrogens is 5. The summed E-state index contributed by atoms with van der Waals surface area (Å²) in [5, 5.41) is 6.59. The first-order chi connectivity index (χ1) is 16.2. The second-order valence-electron chi connectivity index (χ2n) is 7.56. The fourth-order valence-electron chi connectivity index (χ4n) is 3.62. The number of aryl methyl sites for hydroxylation is 1. The fraction of sp³-hybridized carbons (Fsp3) is 0.208. The van der Waals surface area contributed by atoms with Crippen LogP contribution in [0.3, 0.4) is 0 Å². The van der Waals surface area contributed by atoms with Crippen molar-refractivity contribution < 1.29 is 4.74 Å². The normalized spacial score (nSPS) is 13.5. The van der Waals surface area contributed by atoms with Gasteiger partial charge in [0.25, 0.3) is 0 Å². The van der Waals surface area contributed by atoms with Crippen LogP contribution in [0.4, 0.5) is 29.0 Å². The third-order valence-electron chi connectivity index (χ3n) is 5.19. The molecule has 1 saturated heterocycles. The number of ether oxygens (including phenoxy) is 1. The lowest BCUT2D eigenvalue weighted by Crippen LogP contribution is -2.36. The molecule has 166 valence electrons. The van der Waals surface area contributed by atoms with Crippen LogP contribution in [0.2, 0.25) is 0 Å². The molecular weight excluding hydrogens is 416 g/mol. The number of benzene rings is 1. The second kappa shape index (κ2) is 9.58. The maximum Gasteiger partial charge on any atom is 0.229 e. The minimum atomic E-state index is 0.496. The molecule has 1 aliphatic rings. The predicted octanol–water partition coefficient (Wildman–Crippen LogP) is 3.96. The summed E-state index contributed by atoms with van der Waals surface area (Å²) in [6, 6.07) is 17.5. The molecule has 5 rings (SSSR count). The standard InChI is InChI=1S/C24H24N8O/c1-17-5-4-7-19(27-17)23-25-11-9-21(30-23)29-22-10-12-26-24(31-22)28-18-6-2-3-8-20(18)32-13-15-33-16-14-32/h2-12H,13-16H2,1H3,(H2,25,26,28,29,30,31). The molecule has 0 amide bonds. The fourth-order valence-corrected chi connectivity index (χ4v) is 3.62. The van der Waals surface area contributed by atoms with Gasteiger partial charge >= 0.3 is 0 Å². The van der Waals surface area contributed by atoms with Gasteiger partial charge in [-0.2, -0.15) is 4.98 Å². The molecule has 1 fully saturated rings. The minimum absolute atomic E-state index is 0.496. The van der Waals surface area contributed by atoms with Gasteiger partial charge in [0.05, 0.1) is 24.6 Å². The number of hydrogen-bond acceptors (Lipinski definition) is 9. The van der Waals surface area contributed by atoms with Crippen molar-refractivity contribution in [3.63, 3.8) is 0 Å².